The van der Waals surface area contributed by atoms with Crippen molar-refractivity contribution in [2.24, 2.45) is 10.8 Å². The summed E-state index contributed by atoms with van der Waals surface area (Å²) in [6.07, 6.45) is 1.62. The normalized spacial score (nSPS) is 12.7. The summed E-state index contributed by atoms with van der Waals surface area (Å²) >= 11 is 0. The molecule has 0 heterocycles. The maximum Gasteiger partial charge on any atom is 0.222 e. The molecule has 0 N–H and O–H groups in total. The number of rotatable bonds is 3. The standard InChI is InChI=1S/C13H27NO/c1-12(2,3)9-8-11(15)14(7)10-13(4,5)6/h8-10H2,1-7H3. The van der Waals surface area contributed by atoms with E-state index in [1.165, 1.54) is 0 Å². The van der Waals surface area contributed by atoms with Crippen LogP contribution in [0.4, 0.5) is 0 Å². The summed E-state index contributed by atoms with van der Waals surface area (Å²) in [5, 5.41) is 0. The van der Waals surface area contributed by atoms with Gasteiger partial charge in [-0.2, -0.15) is 0 Å². The Kier molecular flexibility index (Phi) is 4.82. The fourth-order valence-electron chi connectivity index (χ4n) is 1.47. The van der Waals surface area contributed by atoms with Crippen molar-refractivity contribution in [3.05, 3.63) is 0 Å². The molecule has 90 valence electrons. The molecular formula is C13H27NO. The minimum absolute atomic E-state index is 0.187. The monoisotopic (exact) mass is 213 g/mol. The van der Waals surface area contributed by atoms with Crippen molar-refractivity contribution in [1.82, 2.24) is 4.90 Å². The predicted octanol–water partition coefficient (Wildman–Crippen LogP) is 3.32. The first-order valence-electron chi connectivity index (χ1n) is 5.75. The number of hydrogen-bond acceptors (Lipinski definition) is 1. The molecule has 0 aliphatic heterocycles. The van der Waals surface area contributed by atoms with Gasteiger partial charge in [-0.1, -0.05) is 41.5 Å². The molecule has 0 spiro atoms. The Morgan fingerprint density at radius 2 is 1.47 bits per heavy atom. The van der Waals surface area contributed by atoms with Crippen LogP contribution in [0, 0.1) is 10.8 Å². The topological polar surface area (TPSA) is 20.3 Å². The molecule has 0 aliphatic rings. The van der Waals surface area contributed by atoms with Crippen molar-refractivity contribution in [1.29, 1.82) is 0 Å². The lowest BCUT2D eigenvalue weighted by Gasteiger charge is -2.27. The van der Waals surface area contributed by atoms with Gasteiger partial charge in [-0.05, 0) is 17.3 Å². The van der Waals surface area contributed by atoms with Gasteiger partial charge in [0.2, 0.25) is 5.91 Å². The molecule has 0 aromatic rings. The van der Waals surface area contributed by atoms with E-state index < -0.39 is 0 Å². The Bertz CT molecular complexity index is 208. The number of hydrogen-bond donors (Lipinski definition) is 0. The van der Waals surface area contributed by atoms with E-state index in [2.05, 4.69) is 41.5 Å². The van der Waals surface area contributed by atoms with Crippen LogP contribution in [0.15, 0.2) is 0 Å². The van der Waals surface area contributed by atoms with Crippen LogP contribution in [0.1, 0.15) is 54.4 Å². The van der Waals surface area contributed by atoms with Gasteiger partial charge in [-0.15, -0.1) is 0 Å². The number of carbonyl (C=O) groups is 1. The van der Waals surface area contributed by atoms with E-state index in [9.17, 15) is 4.79 Å². The summed E-state index contributed by atoms with van der Waals surface area (Å²) in [5.41, 5.74) is 0.435. The quantitative estimate of drug-likeness (QED) is 0.704. The van der Waals surface area contributed by atoms with Crippen LogP contribution in [0.25, 0.3) is 0 Å². The summed E-state index contributed by atoms with van der Waals surface area (Å²) in [7, 11) is 1.90. The molecule has 2 nitrogen and oxygen atoms in total. The summed E-state index contributed by atoms with van der Waals surface area (Å²) in [5.74, 6) is 0.264. The van der Waals surface area contributed by atoms with Crippen LogP contribution in [0.2, 0.25) is 0 Å². The van der Waals surface area contributed by atoms with Crippen molar-refractivity contribution in [3.63, 3.8) is 0 Å². The fourth-order valence-corrected chi connectivity index (χ4v) is 1.47. The molecule has 0 saturated heterocycles. The summed E-state index contributed by atoms with van der Waals surface area (Å²) in [6, 6.07) is 0. The SMILES string of the molecule is CN(CC(C)(C)C)C(=O)CCC(C)(C)C. The molecule has 0 aromatic heterocycles. The molecule has 0 bridgehead atoms. The average molecular weight is 213 g/mol. The number of carbonyl (C=O) groups excluding carboxylic acids is 1. The van der Waals surface area contributed by atoms with Crippen LogP contribution in [-0.2, 0) is 4.79 Å². The molecule has 0 fully saturated rings. The molecule has 1 amide bonds. The third kappa shape index (κ3) is 8.46. The van der Waals surface area contributed by atoms with Crippen molar-refractivity contribution in [2.45, 2.75) is 54.4 Å². The van der Waals surface area contributed by atoms with E-state index in [4.69, 9.17) is 0 Å². The Balaban J connectivity index is 4.01. The van der Waals surface area contributed by atoms with Gasteiger partial charge >= 0.3 is 0 Å². The molecule has 2 heteroatoms. The van der Waals surface area contributed by atoms with Gasteiger partial charge in [-0.25, -0.2) is 0 Å². The predicted molar refractivity (Wildman–Crippen MR) is 65.8 cm³/mol. The average Bonchev–Trinajstić information content (AvgIpc) is 1.95. The first-order chi connectivity index (χ1) is 6.51. The zero-order chi connectivity index (χ0) is 12.3. The number of amides is 1. The van der Waals surface area contributed by atoms with E-state index in [1.807, 2.05) is 11.9 Å². The Morgan fingerprint density at radius 3 is 1.80 bits per heavy atom. The fraction of sp³-hybridized carbons (Fsp3) is 0.923. The van der Waals surface area contributed by atoms with Gasteiger partial charge in [-0.3, -0.25) is 4.79 Å². The molecule has 0 rings (SSSR count). The maximum atomic E-state index is 11.8. The highest BCUT2D eigenvalue weighted by Gasteiger charge is 2.19. The zero-order valence-electron chi connectivity index (χ0n) is 11.5. The highest BCUT2D eigenvalue weighted by atomic mass is 16.2. The molecule has 0 aliphatic carbocycles. The largest absolute Gasteiger partial charge is 0.345 e. The highest BCUT2D eigenvalue weighted by molar-refractivity contribution is 5.75. The second-order valence-electron chi connectivity index (χ2n) is 6.87. The van der Waals surface area contributed by atoms with E-state index in [1.54, 1.807) is 0 Å². The molecule has 0 radical (unpaired) electrons. The second-order valence-corrected chi connectivity index (χ2v) is 6.87. The number of nitrogens with zero attached hydrogens (tertiary/aromatic N) is 1. The van der Waals surface area contributed by atoms with E-state index >= 15 is 0 Å². The highest BCUT2D eigenvalue weighted by Crippen LogP contribution is 2.21. The third-order valence-corrected chi connectivity index (χ3v) is 2.23. The first-order valence-corrected chi connectivity index (χ1v) is 5.75. The molecule has 0 atom stereocenters. The van der Waals surface area contributed by atoms with E-state index in [0.29, 0.717) is 6.42 Å². The van der Waals surface area contributed by atoms with Crippen LogP contribution in [0.5, 0.6) is 0 Å². The summed E-state index contributed by atoms with van der Waals surface area (Å²) < 4.78 is 0. The minimum atomic E-state index is 0.187. The molecule has 0 aromatic carbocycles. The smallest absolute Gasteiger partial charge is 0.222 e. The van der Waals surface area contributed by atoms with Crippen molar-refractivity contribution >= 4 is 5.91 Å². The first kappa shape index (κ1) is 14.5. The second kappa shape index (κ2) is 5.00. The Hall–Kier alpha value is -0.530. The van der Waals surface area contributed by atoms with Gasteiger partial charge in [0.25, 0.3) is 0 Å². The lowest BCUT2D eigenvalue weighted by atomic mass is 9.90. The van der Waals surface area contributed by atoms with Crippen LogP contribution in [0.3, 0.4) is 0 Å². The van der Waals surface area contributed by atoms with E-state index in [0.717, 1.165) is 13.0 Å². The van der Waals surface area contributed by atoms with Gasteiger partial charge in [0.15, 0.2) is 0 Å². The van der Waals surface area contributed by atoms with Crippen LogP contribution in [-0.4, -0.2) is 24.4 Å². The maximum absolute atomic E-state index is 11.8. The van der Waals surface area contributed by atoms with Crippen LogP contribution >= 0.6 is 0 Å². The van der Waals surface area contributed by atoms with Crippen molar-refractivity contribution in [3.8, 4) is 0 Å². The third-order valence-electron chi connectivity index (χ3n) is 2.23. The Morgan fingerprint density at radius 1 is 1.00 bits per heavy atom. The van der Waals surface area contributed by atoms with Crippen molar-refractivity contribution in [2.75, 3.05) is 13.6 Å². The van der Waals surface area contributed by atoms with E-state index in [-0.39, 0.29) is 16.7 Å². The zero-order valence-corrected chi connectivity index (χ0v) is 11.5. The van der Waals surface area contributed by atoms with Crippen LogP contribution < -0.4 is 0 Å². The van der Waals surface area contributed by atoms with Gasteiger partial charge in [0.05, 0.1) is 0 Å². The van der Waals surface area contributed by atoms with Crippen molar-refractivity contribution < 1.29 is 4.79 Å². The molecule has 0 unspecified atom stereocenters. The lowest BCUT2D eigenvalue weighted by Crippen LogP contribution is -2.34. The Labute approximate surface area is 95.0 Å². The molecule has 15 heavy (non-hydrogen) atoms. The van der Waals surface area contributed by atoms with Gasteiger partial charge < -0.3 is 4.90 Å². The molecule has 0 saturated carbocycles. The molecular weight excluding hydrogens is 186 g/mol. The van der Waals surface area contributed by atoms with Gasteiger partial charge in [0.1, 0.15) is 0 Å². The lowest BCUT2D eigenvalue weighted by molar-refractivity contribution is -0.131. The summed E-state index contributed by atoms with van der Waals surface area (Å²) in [6.45, 7) is 13.8. The summed E-state index contributed by atoms with van der Waals surface area (Å²) in [4.78, 5) is 13.6. The van der Waals surface area contributed by atoms with Gasteiger partial charge in [0, 0.05) is 20.0 Å². The minimum Gasteiger partial charge on any atom is -0.345 e.